The number of aliphatic hydroxyl groups is 3. The third-order valence-electron chi connectivity index (χ3n) is 1.10. The van der Waals surface area contributed by atoms with Crippen molar-refractivity contribution >= 4 is 6.09 Å². The first-order valence-electron chi connectivity index (χ1n) is 3.68. The van der Waals surface area contributed by atoms with Crippen LogP contribution in [0, 0.1) is 0 Å². The quantitative estimate of drug-likeness (QED) is 0.311. The minimum atomic E-state index is -2.85. The van der Waals surface area contributed by atoms with Crippen molar-refractivity contribution in [1.82, 2.24) is 10.4 Å². The highest BCUT2D eigenvalue weighted by molar-refractivity contribution is 5.66. The fourth-order valence-electron chi connectivity index (χ4n) is 0.510. The smallest absolute Gasteiger partial charge is 0.423 e. The minimum absolute atomic E-state index is 0.216. The van der Waals surface area contributed by atoms with Crippen molar-refractivity contribution in [3.63, 3.8) is 0 Å². The van der Waals surface area contributed by atoms with E-state index in [4.69, 9.17) is 15.3 Å². The summed E-state index contributed by atoms with van der Waals surface area (Å²) in [5.74, 6) is -2.85. The van der Waals surface area contributed by atoms with E-state index in [0.29, 0.717) is 0 Å². The largest absolute Gasteiger partial charge is 0.449 e. The van der Waals surface area contributed by atoms with Crippen LogP contribution in [0.25, 0.3) is 0 Å². The molecular formula is C6H14N2O5. The monoisotopic (exact) mass is 194 g/mol. The lowest BCUT2D eigenvalue weighted by Crippen LogP contribution is -2.49. The van der Waals surface area contributed by atoms with Gasteiger partial charge in [-0.1, -0.05) is 0 Å². The highest BCUT2D eigenvalue weighted by atomic mass is 16.7. The first-order valence-corrected chi connectivity index (χ1v) is 3.68. The van der Waals surface area contributed by atoms with Gasteiger partial charge in [0.1, 0.15) is 0 Å². The zero-order valence-electron chi connectivity index (χ0n) is 7.52. The highest BCUT2D eigenvalue weighted by Gasteiger charge is 2.20. The Kier molecular flexibility index (Phi) is 4.63. The maximum absolute atomic E-state index is 10.9. The SMILES string of the molecule is CCOC(=O)N(C)NCC(O)(O)O. The van der Waals surface area contributed by atoms with Gasteiger partial charge in [0.2, 0.25) is 0 Å². The molecule has 0 atom stereocenters. The lowest BCUT2D eigenvalue weighted by molar-refractivity contribution is -0.309. The molecule has 1 amide bonds. The van der Waals surface area contributed by atoms with E-state index in [0.717, 1.165) is 5.01 Å². The molecule has 0 aliphatic carbocycles. The molecule has 0 saturated carbocycles. The number of nitrogens with zero attached hydrogens (tertiary/aromatic N) is 1. The van der Waals surface area contributed by atoms with Gasteiger partial charge in [-0.3, -0.25) is 0 Å². The molecule has 0 aromatic heterocycles. The molecule has 0 fully saturated rings. The topological polar surface area (TPSA) is 102 Å². The second kappa shape index (κ2) is 4.97. The molecule has 7 nitrogen and oxygen atoms in total. The second-order valence-corrected chi connectivity index (χ2v) is 2.37. The van der Waals surface area contributed by atoms with Crippen LogP contribution >= 0.6 is 0 Å². The Balaban J connectivity index is 3.74. The molecule has 0 aliphatic rings. The van der Waals surface area contributed by atoms with Crippen molar-refractivity contribution in [2.75, 3.05) is 20.2 Å². The van der Waals surface area contributed by atoms with Gasteiger partial charge in [0.25, 0.3) is 5.97 Å². The van der Waals surface area contributed by atoms with Crippen LogP contribution in [0.3, 0.4) is 0 Å². The van der Waals surface area contributed by atoms with E-state index in [2.05, 4.69) is 10.2 Å². The molecule has 4 N–H and O–H groups in total. The Labute approximate surface area is 75.5 Å². The first-order chi connectivity index (χ1) is 5.87. The van der Waals surface area contributed by atoms with Crippen LogP contribution in [0.4, 0.5) is 4.79 Å². The van der Waals surface area contributed by atoms with Crippen LogP contribution in [0.5, 0.6) is 0 Å². The summed E-state index contributed by atoms with van der Waals surface area (Å²) < 4.78 is 4.55. The Bertz CT molecular complexity index is 167. The van der Waals surface area contributed by atoms with Crippen molar-refractivity contribution in [3.8, 4) is 0 Å². The molecule has 7 heteroatoms. The number of ether oxygens (including phenoxy) is 1. The minimum Gasteiger partial charge on any atom is -0.449 e. The van der Waals surface area contributed by atoms with Gasteiger partial charge >= 0.3 is 6.09 Å². The summed E-state index contributed by atoms with van der Waals surface area (Å²) in [6.07, 6.45) is -0.674. The third kappa shape index (κ3) is 6.29. The maximum Gasteiger partial charge on any atom is 0.423 e. The van der Waals surface area contributed by atoms with Gasteiger partial charge in [-0.2, -0.15) is 0 Å². The molecule has 0 aromatic rings. The summed E-state index contributed by atoms with van der Waals surface area (Å²) >= 11 is 0. The molecule has 0 aromatic carbocycles. The molecule has 0 unspecified atom stereocenters. The Morgan fingerprint density at radius 1 is 1.54 bits per heavy atom. The van der Waals surface area contributed by atoms with Crippen molar-refractivity contribution in [2.45, 2.75) is 12.9 Å². The van der Waals surface area contributed by atoms with Crippen LogP contribution < -0.4 is 5.43 Å². The van der Waals surface area contributed by atoms with E-state index >= 15 is 0 Å². The van der Waals surface area contributed by atoms with E-state index in [-0.39, 0.29) is 6.61 Å². The number of hydrogen-bond acceptors (Lipinski definition) is 6. The maximum atomic E-state index is 10.9. The highest BCUT2D eigenvalue weighted by Crippen LogP contribution is 1.91. The lowest BCUT2D eigenvalue weighted by Gasteiger charge is -2.21. The number of nitrogens with one attached hydrogen (secondary N) is 1. The molecule has 0 heterocycles. The van der Waals surface area contributed by atoms with Crippen LogP contribution in [0.15, 0.2) is 0 Å². The number of rotatable bonds is 4. The molecular weight excluding hydrogens is 180 g/mol. The standard InChI is InChI=1S/C6H14N2O5/c1-3-13-5(9)8(2)7-4-6(10,11)12/h7,10-12H,3-4H2,1-2H3. The van der Waals surface area contributed by atoms with Gasteiger partial charge < -0.3 is 20.1 Å². The number of carbonyl (C=O) groups excluding carboxylic acids is 1. The number of amides is 1. The molecule has 0 bridgehead atoms. The fraction of sp³-hybridized carbons (Fsp3) is 0.833. The molecule has 0 saturated heterocycles. The summed E-state index contributed by atoms with van der Waals surface area (Å²) in [6.45, 7) is 1.26. The fourth-order valence-corrected chi connectivity index (χ4v) is 0.510. The second-order valence-electron chi connectivity index (χ2n) is 2.37. The van der Waals surface area contributed by atoms with Crippen LogP contribution in [-0.4, -0.2) is 52.6 Å². The molecule has 0 radical (unpaired) electrons. The number of carbonyl (C=O) groups is 1. The third-order valence-corrected chi connectivity index (χ3v) is 1.10. The average Bonchev–Trinajstić information content (AvgIpc) is 1.99. The number of hydrazine groups is 1. The molecule has 0 rings (SSSR count). The average molecular weight is 194 g/mol. The molecule has 0 spiro atoms. The van der Waals surface area contributed by atoms with E-state index < -0.39 is 18.6 Å². The van der Waals surface area contributed by atoms with Gasteiger partial charge in [-0.25, -0.2) is 15.2 Å². The van der Waals surface area contributed by atoms with Gasteiger partial charge in [-0.15, -0.1) is 0 Å². The summed E-state index contributed by atoms with van der Waals surface area (Å²) in [7, 11) is 1.32. The zero-order chi connectivity index (χ0) is 10.5. The van der Waals surface area contributed by atoms with Gasteiger partial charge in [0.05, 0.1) is 13.2 Å². The molecule has 78 valence electrons. The van der Waals surface area contributed by atoms with Crippen molar-refractivity contribution < 1.29 is 24.9 Å². The van der Waals surface area contributed by atoms with E-state index in [1.807, 2.05) is 0 Å². The lowest BCUT2D eigenvalue weighted by atomic mass is 10.6. The zero-order valence-corrected chi connectivity index (χ0v) is 7.52. The number of hydrogen-bond donors (Lipinski definition) is 4. The predicted molar refractivity (Wildman–Crippen MR) is 42.2 cm³/mol. The summed E-state index contributed by atoms with van der Waals surface area (Å²) in [5.41, 5.74) is 2.22. The van der Waals surface area contributed by atoms with Gasteiger partial charge in [0.15, 0.2) is 0 Å². The normalized spacial score (nSPS) is 11.2. The van der Waals surface area contributed by atoms with E-state index in [9.17, 15) is 4.79 Å². The van der Waals surface area contributed by atoms with Crippen molar-refractivity contribution in [3.05, 3.63) is 0 Å². The Morgan fingerprint density at radius 2 is 2.08 bits per heavy atom. The van der Waals surface area contributed by atoms with Crippen LogP contribution in [0.2, 0.25) is 0 Å². The predicted octanol–water partition coefficient (Wildman–Crippen LogP) is -1.79. The van der Waals surface area contributed by atoms with Gasteiger partial charge in [-0.05, 0) is 6.92 Å². The molecule has 13 heavy (non-hydrogen) atoms. The van der Waals surface area contributed by atoms with Gasteiger partial charge in [0, 0.05) is 7.05 Å². The van der Waals surface area contributed by atoms with E-state index in [1.165, 1.54) is 7.05 Å². The van der Waals surface area contributed by atoms with Crippen LogP contribution in [0.1, 0.15) is 6.92 Å². The molecule has 0 aliphatic heterocycles. The Hall–Kier alpha value is -0.890. The van der Waals surface area contributed by atoms with E-state index in [1.54, 1.807) is 6.92 Å². The summed E-state index contributed by atoms with van der Waals surface area (Å²) in [5, 5.41) is 26.2. The van der Waals surface area contributed by atoms with Crippen molar-refractivity contribution in [2.24, 2.45) is 0 Å². The summed E-state index contributed by atoms with van der Waals surface area (Å²) in [4.78, 5) is 10.9. The van der Waals surface area contributed by atoms with Crippen LogP contribution in [-0.2, 0) is 4.74 Å². The summed E-state index contributed by atoms with van der Waals surface area (Å²) in [6, 6.07) is 0. The first kappa shape index (κ1) is 12.1. The Morgan fingerprint density at radius 3 is 2.46 bits per heavy atom. The van der Waals surface area contributed by atoms with Crippen molar-refractivity contribution in [1.29, 1.82) is 0 Å².